The molecule has 0 fully saturated rings. The SMILES string of the molecule is COc1ccc(OC)c(CCN(C(=O)c2ccc(C(F)(F)F)cc2)C2CC(C(=O)NCCO)=CC(Oc3c(I)cc(CO)cc3OC)C2O)c1. The second-order valence-electron chi connectivity index (χ2n) is 11.3. The molecule has 4 rings (SSSR count). The number of aliphatic hydroxyl groups excluding tert-OH is 3. The Morgan fingerprint density at radius 2 is 1.68 bits per heavy atom. The molecule has 0 bridgehead atoms. The normalized spacial score (nSPS) is 17.4. The maximum atomic E-state index is 14.2. The maximum absolute atomic E-state index is 14.2. The van der Waals surface area contributed by atoms with E-state index in [1.165, 1.54) is 32.3 Å². The van der Waals surface area contributed by atoms with Crippen molar-refractivity contribution in [3.05, 3.63) is 92.1 Å². The second kappa shape index (κ2) is 17.2. The van der Waals surface area contributed by atoms with Crippen molar-refractivity contribution in [3.8, 4) is 23.0 Å². The predicted molar refractivity (Wildman–Crippen MR) is 184 cm³/mol. The van der Waals surface area contributed by atoms with E-state index in [1.54, 1.807) is 30.3 Å². The largest absolute Gasteiger partial charge is 0.497 e. The summed E-state index contributed by atoms with van der Waals surface area (Å²) in [6.45, 7) is -0.726. The van der Waals surface area contributed by atoms with Crippen molar-refractivity contribution >= 4 is 34.4 Å². The summed E-state index contributed by atoms with van der Waals surface area (Å²) in [4.78, 5) is 28.8. The third-order valence-corrected chi connectivity index (χ3v) is 8.97. The van der Waals surface area contributed by atoms with Crippen LogP contribution in [0, 0.1) is 3.57 Å². The van der Waals surface area contributed by atoms with Gasteiger partial charge in [0.05, 0.1) is 49.7 Å². The Labute approximate surface area is 300 Å². The number of ether oxygens (including phenoxy) is 4. The number of amides is 2. The van der Waals surface area contributed by atoms with Gasteiger partial charge in [0.2, 0.25) is 5.91 Å². The number of benzene rings is 3. The van der Waals surface area contributed by atoms with E-state index in [1.807, 2.05) is 22.6 Å². The van der Waals surface area contributed by atoms with E-state index >= 15 is 0 Å². The lowest BCUT2D eigenvalue weighted by Gasteiger charge is -2.41. The molecule has 0 aromatic heterocycles. The van der Waals surface area contributed by atoms with Crippen molar-refractivity contribution in [3.63, 3.8) is 0 Å². The molecule has 50 heavy (non-hydrogen) atoms. The Hall–Kier alpha value is -4.06. The summed E-state index contributed by atoms with van der Waals surface area (Å²) in [5.41, 5.74) is 0.326. The molecule has 1 aliphatic rings. The van der Waals surface area contributed by atoms with Crippen molar-refractivity contribution in [1.29, 1.82) is 0 Å². The first-order chi connectivity index (χ1) is 23.8. The van der Waals surface area contributed by atoms with Crippen LogP contribution in [-0.4, -0.2) is 91.3 Å². The summed E-state index contributed by atoms with van der Waals surface area (Å²) >= 11 is 1.98. The molecule has 3 atom stereocenters. The highest BCUT2D eigenvalue weighted by Crippen LogP contribution is 2.38. The van der Waals surface area contributed by atoms with E-state index in [0.29, 0.717) is 26.2 Å². The van der Waals surface area contributed by atoms with Crippen LogP contribution in [0.5, 0.6) is 23.0 Å². The van der Waals surface area contributed by atoms with Crippen molar-refractivity contribution in [2.75, 3.05) is 41.0 Å². The highest BCUT2D eigenvalue weighted by molar-refractivity contribution is 14.1. The van der Waals surface area contributed by atoms with Crippen molar-refractivity contribution in [2.24, 2.45) is 0 Å². The van der Waals surface area contributed by atoms with Gasteiger partial charge in [0.1, 0.15) is 23.7 Å². The highest BCUT2D eigenvalue weighted by Gasteiger charge is 2.41. The van der Waals surface area contributed by atoms with Crippen LogP contribution in [0.2, 0.25) is 0 Å². The van der Waals surface area contributed by atoms with Gasteiger partial charge in [-0.05, 0) is 101 Å². The van der Waals surface area contributed by atoms with Gasteiger partial charge in [0.25, 0.3) is 5.91 Å². The standard InChI is InChI=1S/C35H38F3IN2O9/c1-47-25-8-9-28(48-2)22(16-25)10-12-41(34(46)21-4-6-24(7-5-21)35(36,37)38)27-17-23(33(45)40-11-13-42)18-29(31(27)44)50-32-26(39)14-20(19-43)15-30(32)49-3/h4-9,14-16,18,27,29,31,42-44H,10-13,17,19H2,1-3H3,(H,40,45). The quantitative estimate of drug-likeness (QED) is 0.177. The summed E-state index contributed by atoms with van der Waals surface area (Å²) in [5, 5.41) is 33.5. The first-order valence-corrected chi connectivity index (χ1v) is 16.5. The number of rotatable bonds is 14. The van der Waals surface area contributed by atoms with Gasteiger partial charge in [-0.25, -0.2) is 0 Å². The zero-order valence-corrected chi connectivity index (χ0v) is 29.7. The molecule has 3 aromatic carbocycles. The first kappa shape index (κ1) is 38.7. The zero-order chi connectivity index (χ0) is 36.6. The molecule has 0 spiro atoms. The molecular formula is C35H38F3IN2O9. The molecule has 15 heteroatoms. The first-order valence-electron chi connectivity index (χ1n) is 15.5. The number of nitrogens with one attached hydrogen (secondary N) is 1. The second-order valence-corrected chi connectivity index (χ2v) is 12.4. The lowest BCUT2D eigenvalue weighted by Crippen LogP contribution is -2.55. The third-order valence-electron chi connectivity index (χ3n) is 8.17. The number of aliphatic hydroxyl groups is 3. The molecule has 2 amide bonds. The van der Waals surface area contributed by atoms with Gasteiger partial charge in [0, 0.05) is 30.6 Å². The number of halogens is 4. The fraction of sp³-hybridized carbons (Fsp3) is 0.371. The lowest BCUT2D eigenvalue weighted by atomic mass is 9.87. The van der Waals surface area contributed by atoms with Crippen molar-refractivity contribution in [1.82, 2.24) is 10.2 Å². The Balaban J connectivity index is 1.79. The Morgan fingerprint density at radius 3 is 2.28 bits per heavy atom. The highest BCUT2D eigenvalue weighted by atomic mass is 127. The number of methoxy groups -OCH3 is 3. The third kappa shape index (κ3) is 9.18. The van der Waals surface area contributed by atoms with Gasteiger partial charge in [-0.15, -0.1) is 0 Å². The number of carbonyl (C=O) groups is 2. The molecule has 0 heterocycles. The molecular weight excluding hydrogens is 776 g/mol. The van der Waals surface area contributed by atoms with Crippen LogP contribution in [0.25, 0.3) is 0 Å². The molecule has 1 aliphatic carbocycles. The topological polar surface area (TPSA) is 147 Å². The summed E-state index contributed by atoms with van der Waals surface area (Å²) in [6, 6.07) is 10.9. The van der Waals surface area contributed by atoms with E-state index in [9.17, 15) is 38.1 Å². The van der Waals surface area contributed by atoms with E-state index in [2.05, 4.69) is 5.32 Å². The summed E-state index contributed by atoms with van der Waals surface area (Å²) < 4.78 is 63.3. The summed E-state index contributed by atoms with van der Waals surface area (Å²) in [7, 11) is 4.38. The Morgan fingerprint density at radius 1 is 0.980 bits per heavy atom. The molecule has 11 nitrogen and oxygen atoms in total. The molecule has 0 aliphatic heterocycles. The van der Waals surface area contributed by atoms with E-state index in [4.69, 9.17) is 18.9 Å². The fourth-order valence-electron chi connectivity index (χ4n) is 5.60. The van der Waals surface area contributed by atoms with Gasteiger partial charge in [-0.2, -0.15) is 13.2 Å². The molecule has 3 aromatic rings. The van der Waals surface area contributed by atoms with E-state index < -0.39 is 41.8 Å². The molecule has 0 saturated heterocycles. The maximum Gasteiger partial charge on any atom is 0.416 e. The Bertz CT molecular complexity index is 1690. The Kier molecular flexibility index (Phi) is 13.4. The van der Waals surface area contributed by atoms with E-state index in [-0.39, 0.29) is 61.8 Å². The smallest absolute Gasteiger partial charge is 0.416 e. The van der Waals surface area contributed by atoms with Crippen LogP contribution < -0.4 is 24.3 Å². The average Bonchev–Trinajstić information content (AvgIpc) is 3.11. The van der Waals surface area contributed by atoms with Crippen LogP contribution in [0.3, 0.4) is 0 Å². The molecule has 270 valence electrons. The summed E-state index contributed by atoms with van der Waals surface area (Å²) in [5.74, 6) is 0.211. The van der Waals surface area contributed by atoms with Crippen LogP contribution in [0.4, 0.5) is 13.2 Å². The number of hydrogen-bond acceptors (Lipinski definition) is 9. The van der Waals surface area contributed by atoms with Crippen LogP contribution >= 0.6 is 22.6 Å². The number of alkyl halides is 3. The predicted octanol–water partition coefficient (Wildman–Crippen LogP) is 4.13. The fourth-order valence-corrected chi connectivity index (χ4v) is 6.39. The van der Waals surface area contributed by atoms with Crippen LogP contribution in [-0.2, 0) is 24.0 Å². The minimum atomic E-state index is -4.62. The van der Waals surface area contributed by atoms with Crippen LogP contribution in [0.1, 0.15) is 33.5 Å². The van der Waals surface area contributed by atoms with Gasteiger partial charge < -0.3 is 44.5 Å². The lowest BCUT2D eigenvalue weighted by molar-refractivity contribution is -0.137. The van der Waals surface area contributed by atoms with Gasteiger partial charge in [-0.1, -0.05) is 0 Å². The van der Waals surface area contributed by atoms with Gasteiger partial charge in [-0.3, -0.25) is 9.59 Å². The average molecular weight is 815 g/mol. The minimum Gasteiger partial charge on any atom is -0.497 e. The molecule has 0 saturated carbocycles. The van der Waals surface area contributed by atoms with Gasteiger partial charge >= 0.3 is 6.18 Å². The molecule has 4 N–H and O–H groups in total. The minimum absolute atomic E-state index is 0.0601. The molecule has 3 unspecified atom stereocenters. The monoisotopic (exact) mass is 814 g/mol. The van der Waals surface area contributed by atoms with E-state index in [0.717, 1.165) is 24.3 Å². The van der Waals surface area contributed by atoms with Crippen LogP contribution in [0.15, 0.2) is 66.2 Å². The number of nitrogens with zero attached hydrogens (tertiary/aromatic N) is 1. The summed E-state index contributed by atoms with van der Waals surface area (Å²) in [6.07, 6.45) is -5.85. The van der Waals surface area contributed by atoms with Crippen molar-refractivity contribution in [2.45, 2.75) is 43.9 Å². The van der Waals surface area contributed by atoms with Gasteiger partial charge in [0.15, 0.2) is 11.5 Å². The van der Waals surface area contributed by atoms with Crippen molar-refractivity contribution < 1.29 is 57.0 Å². The number of carbonyl (C=O) groups excluding carboxylic acids is 2. The molecule has 0 radical (unpaired) electrons. The number of hydrogen-bond donors (Lipinski definition) is 4. The zero-order valence-electron chi connectivity index (χ0n) is 27.5.